The molecule has 1 aliphatic heterocycles. The Bertz CT molecular complexity index is 218. The van der Waals surface area contributed by atoms with Gasteiger partial charge in [0, 0.05) is 26.7 Å². The van der Waals surface area contributed by atoms with E-state index in [1.807, 2.05) is 0 Å². The van der Waals surface area contributed by atoms with Gasteiger partial charge in [-0.3, -0.25) is 9.69 Å². The lowest BCUT2D eigenvalue weighted by molar-refractivity contribution is -0.125. The molecule has 0 aromatic carbocycles. The van der Waals surface area contributed by atoms with Crippen molar-refractivity contribution in [1.29, 1.82) is 0 Å². The molecule has 6 nitrogen and oxygen atoms in total. The summed E-state index contributed by atoms with van der Waals surface area (Å²) in [4.78, 5) is 13.5. The van der Waals surface area contributed by atoms with Crippen molar-refractivity contribution in [2.45, 2.75) is 12.5 Å². The van der Waals surface area contributed by atoms with E-state index < -0.39 is 0 Å². The third kappa shape index (κ3) is 5.45. The second-order valence-electron chi connectivity index (χ2n) is 4.13. The first kappa shape index (κ1) is 14.4. The van der Waals surface area contributed by atoms with Crippen molar-refractivity contribution >= 4 is 5.91 Å². The smallest absolute Gasteiger partial charge is 0.237 e. The fraction of sp³-hybridized carbons (Fsp3) is 0.909. The van der Waals surface area contributed by atoms with Crippen LogP contribution in [0, 0.1) is 0 Å². The Balaban J connectivity index is 2.37. The summed E-state index contributed by atoms with van der Waals surface area (Å²) in [6.07, 6.45) is 1.03. The summed E-state index contributed by atoms with van der Waals surface area (Å²) in [6.45, 7) is 4.97. The number of rotatable bonds is 7. The number of amides is 1. The quantitative estimate of drug-likeness (QED) is 0.551. The van der Waals surface area contributed by atoms with Gasteiger partial charge in [0.25, 0.3) is 0 Å². The lowest BCUT2D eigenvalue weighted by Crippen LogP contribution is -2.49. The third-order valence-electron chi connectivity index (χ3n) is 2.85. The van der Waals surface area contributed by atoms with Crippen LogP contribution in [0.25, 0.3) is 0 Å². The molecule has 0 spiro atoms. The van der Waals surface area contributed by atoms with Crippen molar-refractivity contribution in [1.82, 2.24) is 10.2 Å². The van der Waals surface area contributed by atoms with E-state index in [9.17, 15) is 4.79 Å². The standard InChI is InChI=1S/C11H23N3O3/c1-16-7-8-17-9-10(11(12)15)14-5-2-3-13-4-6-14/h10,13H,2-9H2,1H3,(H2,12,15). The molecule has 0 aromatic rings. The zero-order valence-electron chi connectivity index (χ0n) is 10.5. The van der Waals surface area contributed by atoms with Crippen LogP contribution < -0.4 is 11.1 Å². The largest absolute Gasteiger partial charge is 0.382 e. The molecule has 0 radical (unpaired) electrons. The molecule has 0 aromatic heterocycles. The number of carbonyl (C=O) groups is 1. The lowest BCUT2D eigenvalue weighted by atomic mass is 10.2. The number of carbonyl (C=O) groups excluding carboxylic acids is 1. The number of nitrogens with one attached hydrogen (secondary N) is 1. The maximum absolute atomic E-state index is 11.4. The molecule has 1 aliphatic rings. The second-order valence-corrected chi connectivity index (χ2v) is 4.13. The first-order valence-electron chi connectivity index (χ1n) is 6.06. The minimum absolute atomic E-state index is 0.315. The Morgan fingerprint density at radius 2 is 2.24 bits per heavy atom. The average molecular weight is 245 g/mol. The summed E-state index contributed by atoms with van der Waals surface area (Å²) in [5.41, 5.74) is 5.42. The van der Waals surface area contributed by atoms with E-state index in [1.54, 1.807) is 7.11 Å². The number of nitrogens with two attached hydrogens (primary N) is 1. The van der Waals surface area contributed by atoms with Crippen LogP contribution in [-0.2, 0) is 14.3 Å². The Morgan fingerprint density at radius 3 is 2.94 bits per heavy atom. The van der Waals surface area contributed by atoms with Gasteiger partial charge in [0.15, 0.2) is 0 Å². The zero-order valence-corrected chi connectivity index (χ0v) is 10.5. The Hall–Kier alpha value is -0.690. The molecular formula is C11H23N3O3. The molecule has 6 heteroatoms. The molecular weight excluding hydrogens is 222 g/mol. The molecule has 1 atom stereocenters. The predicted octanol–water partition coefficient (Wildman–Crippen LogP) is -1.20. The summed E-state index contributed by atoms with van der Waals surface area (Å²) in [5.74, 6) is -0.315. The Morgan fingerprint density at radius 1 is 1.41 bits per heavy atom. The minimum atomic E-state index is -0.327. The first-order chi connectivity index (χ1) is 8.25. The maximum atomic E-state index is 11.4. The van der Waals surface area contributed by atoms with Crippen LogP contribution >= 0.6 is 0 Å². The summed E-state index contributed by atoms with van der Waals surface area (Å²) in [5, 5.41) is 3.29. The average Bonchev–Trinajstić information content (AvgIpc) is 2.57. The van der Waals surface area contributed by atoms with Gasteiger partial charge >= 0.3 is 0 Å². The molecule has 0 aliphatic carbocycles. The fourth-order valence-corrected chi connectivity index (χ4v) is 1.88. The van der Waals surface area contributed by atoms with E-state index in [4.69, 9.17) is 15.2 Å². The molecule has 17 heavy (non-hydrogen) atoms. The van der Waals surface area contributed by atoms with Gasteiger partial charge in [0.05, 0.1) is 19.8 Å². The zero-order chi connectivity index (χ0) is 12.5. The van der Waals surface area contributed by atoms with Crippen LogP contribution in [0.5, 0.6) is 0 Å². The highest BCUT2D eigenvalue weighted by atomic mass is 16.5. The van der Waals surface area contributed by atoms with Gasteiger partial charge in [-0.15, -0.1) is 0 Å². The van der Waals surface area contributed by atoms with Gasteiger partial charge in [-0.2, -0.15) is 0 Å². The molecule has 1 unspecified atom stereocenters. The number of hydrogen-bond donors (Lipinski definition) is 2. The Kier molecular flexibility index (Phi) is 7.11. The number of methoxy groups -OCH3 is 1. The highest BCUT2D eigenvalue weighted by molar-refractivity contribution is 5.80. The highest BCUT2D eigenvalue weighted by Crippen LogP contribution is 2.03. The lowest BCUT2D eigenvalue weighted by Gasteiger charge is -2.27. The van der Waals surface area contributed by atoms with Gasteiger partial charge < -0.3 is 20.5 Å². The van der Waals surface area contributed by atoms with Crippen molar-refractivity contribution in [3.8, 4) is 0 Å². The first-order valence-corrected chi connectivity index (χ1v) is 6.06. The van der Waals surface area contributed by atoms with Crippen LogP contribution in [0.15, 0.2) is 0 Å². The van der Waals surface area contributed by atoms with E-state index in [0.29, 0.717) is 19.8 Å². The second kappa shape index (κ2) is 8.41. The molecule has 1 fully saturated rings. The van der Waals surface area contributed by atoms with Gasteiger partial charge in [0.2, 0.25) is 5.91 Å². The maximum Gasteiger partial charge on any atom is 0.237 e. The van der Waals surface area contributed by atoms with E-state index >= 15 is 0 Å². The SMILES string of the molecule is COCCOCC(C(N)=O)N1CCCNCC1. The molecule has 1 amide bonds. The van der Waals surface area contributed by atoms with Crippen LogP contribution in [0.2, 0.25) is 0 Å². The fourth-order valence-electron chi connectivity index (χ4n) is 1.88. The van der Waals surface area contributed by atoms with Crippen molar-refractivity contribution in [2.75, 3.05) is 53.1 Å². The summed E-state index contributed by atoms with van der Waals surface area (Å²) in [6, 6.07) is -0.327. The summed E-state index contributed by atoms with van der Waals surface area (Å²) < 4.78 is 10.3. The summed E-state index contributed by atoms with van der Waals surface area (Å²) in [7, 11) is 1.62. The van der Waals surface area contributed by atoms with E-state index in [-0.39, 0.29) is 11.9 Å². The third-order valence-corrected chi connectivity index (χ3v) is 2.85. The van der Waals surface area contributed by atoms with E-state index in [2.05, 4.69) is 10.2 Å². The van der Waals surface area contributed by atoms with Crippen LogP contribution in [0.4, 0.5) is 0 Å². The molecule has 1 heterocycles. The minimum Gasteiger partial charge on any atom is -0.382 e. The van der Waals surface area contributed by atoms with E-state index in [1.165, 1.54) is 0 Å². The summed E-state index contributed by atoms with van der Waals surface area (Å²) >= 11 is 0. The van der Waals surface area contributed by atoms with Gasteiger partial charge in [-0.1, -0.05) is 0 Å². The Labute approximate surface area is 102 Å². The van der Waals surface area contributed by atoms with Gasteiger partial charge in [-0.25, -0.2) is 0 Å². The highest BCUT2D eigenvalue weighted by Gasteiger charge is 2.24. The monoisotopic (exact) mass is 245 g/mol. The van der Waals surface area contributed by atoms with Crippen molar-refractivity contribution in [2.24, 2.45) is 5.73 Å². The predicted molar refractivity (Wildman–Crippen MR) is 64.7 cm³/mol. The molecule has 3 N–H and O–H groups in total. The van der Waals surface area contributed by atoms with Gasteiger partial charge in [-0.05, 0) is 13.0 Å². The molecule has 100 valence electrons. The van der Waals surface area contributed by atoms with Crippen LogP contribution in [0.3, 0.4) is 0 Å². The molecule has 0 bridgehead atoms. The number of ether oxygens (including phenoxy) is 2. The molecule has 1 rings (SSSR count). The van der Waals surface area contributed by atoms with Crippen molar-refractivity contribution in [3.63, 3.8) is 0 Å². The topological polar surface area (TPSA) is 76.8 Å². The number of hydrogen-bond acceptors (Lipinski definition) is 5. The van der Waals surface area contributed by atoms with Crippen molar-refractivity contribution < 1.29 is 14.3 Å². The molecule has 1 saturated heterocycles. The number of primary amides is 1. The molecule has 0 saturated carbocycles. The number of nitrogens with zero attached hydrogens (tertiary/aromatic N) is 1. The van der Waals surface area contributed by atoms with Crippen LogP contribution in [0.1, 0.15) is 6.42 Å². The van der Waals surface area contributed by atoms with Crippen LogP contribution in [-0.4, -0.2) is 70.0 Å². The van der Waals surface area contributed by atoms with Gasteiger partial charge in [0.1, 0.15) is 6.04 Å². The van der Waals surface area contributed by atoms with E-state index in [0.717, 1.165) is 32.6 Å². The van der Waals surface area contributed by atoms with Crippen molar-refractivity contribution in [3.05, 3.63) is 0 Å². The normalized spacial score (nSPS) is 19.8.